The Kier molecular flexibility index (Phi) is 10.1. The molecule has 0 aliphatic carbocycles. The van der Waals surface area contributed by atoms with E-state index < -0.39 is 6.04 Å². The van der Waals surface area contributed by atoms with Crippen LogP contribution in [0.2, 0.25) is 0 Å². The molecule has 0 spiro atoms. The van der Waals surface area contributed by atoms with Crippen molar-refractivity contribution in [3.8, 4) is 11.4 Å². The van der Waals surface area contributed by atoms with Crippen molar-refractivity contribution in [2.24, 2.45) is 0 Å². The summed E-state index contributed by atoms with van der Waals surface area (Å²) in [5, 5.41) is 0.524. The normalized spacial score (nSPS) is 11.9. The SMILES string of the molecule is CCCCCN(C(=O)c1ccc(CCCC)cc1)C(C)c1nc2ccccc2c(=O)n1-c1ccccc1OCC. The summed E-state index contributed by atoms with van der Waals surface area (Å²) in [6, 6.07) is 22.4. The molecule has 4 aromatic rings. The highest BCUT2D eigenvalue weighted by molar-refractivity contribution is 5.94. The molecule has 3 aromatic carbocycles. The second-order valence-electron chi connectivity index (χ2n) is 10.2. The van der Waals surface area contributed by atoms with E-state index in [-0.39, 0.29) is 11.5 Å². The molecule has 0 aliphatic rings. The predicted octanol–water partition coefficient (Wildman–Crippen LogP) is 7.52. The minimum Gasteiger partial charge on any atom is -0.492 e. The molecule has 1 amide bonds. The standard InChI is InChI=1S/C34H41N3O3/c1-5-8-14-24-36(33(38)27-22-20-26(21-23-27)15-9-6-2)25(4)32-35-29-17-11-10-16-28(29)34(39)37(32)30-18-12-13-19-31(30)40-7-3/h10-13,16-23,25H,5-9,14-15,24H2,1-4H3. The number of aryl methyl sites for hydroxylation is 1. The first kappa shape index (κ1) is 29.1. The number of carbonyl (C=O) groups excluding carboxylic acids is 1. The number of ether oxygens (including phenoxy) is 1. The lowest BCUT2D eigenvalue weighted by molar-refractivity contribution is 0.0677. The first-order valence-corrected chi connectivity index (χ1v) is 14.6. The quantitative estimate of drug-likeness (QED) is 0.165. The van der Waals surface area contributed by atoms with Crippen LogP contribution in [0.4, 0.5) is 0 Å². The molecule has 0 fully saturated rings. The summed E-state index contributed by atoms with van der Waals surface area (Å²) in [6.07, 6.45) is 6.20. The van der Waals surface area contributed by atoms with Crippen LogP contribution in [-0.4, -0.2) is 33.5 Å². The highest BCUT2D eigenvalue weighted by Crippen LogP contribution is 2.29. The van der Waals surface area contributed by atoms with Crippen molar-refractivity contribution in [3.05, 3.63) is 100 Å². The molecular weight excluding hydrogens is 498 g/mol. The van der Waals surface area contributed by atoms with Crippen molar-refractivity contribution in [1.82, 2.24) is 14.5 Å². The maximum Gasteiger partial charge on any atom is 0.266 e. The van der Waals surface area contributed by atoms with E-state index in [0.29, 0.717) is 46.9 Å². The number of hydrogen-bond donors (Lipinski definition) is 0. The molecule has 6 nitrogen and oxygen atoms in total. The van der Waals surface area contributed by atoms with Gasteiger partial charge in [0.2, 0.25) is 0 Å². The van der Waals surface area contributed by atoms with E-state index in [1.807, 2.05) is 73.3 Å². The average molecular weight is 540 g/mol. The second kappa shape index (κ2) is 13.9. The molecule has 0 N–H and O–H groups in total. The van der Waals surface area contributed by atoms with Crippen LogP contribution in [0.15, 0.2) is 77.6 Å². The molecule has 1 unspecified atom stereocenters. The number of unbranched alkanes of at least 4 members (excludes halogenated alkanes) is 3. The Balaban J connectivity index is 1.84. The Hall–Kier alpha value is -3.93. The summed E-state index contributed by atoms with van der Waals surface area (Å²) >= 11 is 0. The van der Waals surface area contributed by atoms with E-state index in [0.717, 1.165) is 38.5 Å². The first-order chi connectivity index (χ1) is 19.5. The van der Waals surface area contributed by atoms with Crippen molar-refractivity contribution in [2.45, 2.75) is 72.3 Å². The van der Waals surface area contributed by atoms with Gasteiger partial charge >= 0.3 is 0 Å². The summed E-state index contributed by atoms with van der Waals surface area (Å²) in [5.74, 6) is 1.06. The zero-order valence-corrected chi connectivity index (χ0v) is 24.2. The van der Waals surface area contributed by atoms with Crippen LogP contribution in [0, 0.1) is 0 Å². The van der Waals surface area contributed by atoms with Crippen LogP contribution in [0.25, 0.3) is 16.6 Å². The van der Waals surface area contributed by atoms with Gasteiger partial charge in [-0.2, -0.15) is 0 Å². The van der Waals surface area contributed by atoms with Gasteiger partial charge < -0.3 is 9.64 Å². The van der Waals surface area contributed by atoms with Gasteiger partial charge in [-0.05, 0) is 75.1 Å². The maximum absolute atomic E-state index is 14.0. The molecule has 40 heavy (non-hydrogen) atoms. The number of hydrogen-bond acceptors (Lipinski definition) is 4. The van der Waals surface area contributed by atoms with E-state index in [1.54, 1.807) is 10.6 Å². The van der Waals surface area contributed by atoms with Gasteiger partial charge in [0.1, 0.15) is 11.6 Å². The maximum atomic E-state index is 14.0. The molecule has 0 saturated carbocycles. The van der Waals surface area contributed by atoms with Crippen LogP contribution in [0.3, 0.4) is 0 Å². The lowest BCUT2D eigenvalue weighted by atomic mass is 10.0. The zero-order chi connectivity index (χ0) is 28.5. The summed E-state index contributed by atoms with van der Waals surface area (Å²) in [4.78, 5) is 34.9. The van der Waals surface area contributed by atoms with Gasteiger partial charge in [0.05, 0.1) is 29.2 Å². The van der Waals surface area contributed by atoms with Crippen molar-refractivity contribution in [2.75, 3.05) is 13.2 Å². The van der Waals surface area contributed by atoms with E-state index in [4.69, 9.17) is 9.72 Å². The molecule has 0 saturated heterocycles. The largest absolute Gasteiger partial charge is 0.492 e. The summed E-state index contributed by atoms with van der Waals surface area (Å²) in [6.45, 7) is 9.26. The molecule has 1 aromatic heterocycles. The Morgan fingerprint density at radius 2 is 1.60 bits per heavy atom. The van der Waals surface area contributed by atoms with Crippen LogP contribution in [0.1, 0.15) is 87.6 Å². The fourth-order valence-corrected chi connectivity index (χ4v) is 5.09. The third-order valence-corrected chi connectivity index (χ3v) is 7.33. The summed E-state index contributed by atoms with van der Waals surface area (Å²) in [7, 11) is 0. The molecule has 1 atom stereocenters. The zero-order valence-electron chi connectivity index (χ0n) is 24.2. The van der Waals surface area contributed by atoms with Gasteiger partial charge in [0, 0.05) is 12.1 Å². The fraction of sp³-hybridized carbons (Fsp3) is 0.382. The number of benzene rings is 3. The van der Waals surface area contributed by atoms with Gasteiger partial charge in [0.15, 0.2) is 0 Å². The van der Waals surface area contributed by atoms with Gasteiger partial charge in [-0.25, -0.2) is 4.98 Å². The Morgan fingerprint density at radius 1 is 0.900 bits per heavy atom. The average Bonchev–Trinajstić information content (AvgIpc) is 2.98. The number of amides is 1. The summed E-state index contributed by atoms with van der Waals surface area (Å²) in [5.41, 5.74) is 2.94. The van der Waals surface area contributed by atoms with Crippen LogP contribution < -0.4 is 10.3 Å². The van der Waals surface area contributed by atoms with E-state index >= 15 is 0 Å². The molecule has 0 bridgehead atoms. The Morgan fingerprint density at radius 3 is 2.33 bits per heavy atom. The summed E-state index contributed by atoms with van der Waals surface area (Å²) < 4.78 is 7.55. The second-order valence-corrected chi connectivity index (χ2v) is 10.2. The Labute approximate surface area is 237 Å². The highest BCUT2D eigenvalue weighted by Gasteiger charge is 2.28. The minimum atomic E-state index is -0.462. The fourth-order valence-electron chi connectivity index (χ4n) is 5.09. The predicted molar refractivity (Wildman–Crippen MR) is 163 cm³/mol. The van der Waals surface area contributed by atoms with Gasteiger partial charge in [-0.3, -0.25) is 14.2 Å². The first-order valence-electron chi connectivity index (χ1n) is 14.6. The molecular formula is C34H41N3O3. The lowest BCUT2D eigenvalue weighted by Crippen LogP contribution is -2.38. The number of fused-ring (bicyclic) bond motifs is 1. The number of para-hydroxylation sites is 3. The number of nitrogens with zero attached hydrogens (tertiary/aromatic N) is 3. The van der Waals surface area contributed by atoms with Crippen molar-refractivity contribution >= 4 is 16.8 Å². The molecule has 4 rings (SSSR count). The van der Waals surface area contributed by atoms with E-state index in [2.05, 4.69) is 26.0 Å². The van der Waals surface area contributed by atoms with Crippen molar-refractivity contribution < 1.29 is 9.53 Å². The molecule has 0 aliphatic heterocycles. The smallest absolute Gasteiger partial charge is 0.266 e. The number of aromatic nitrogens is 2. The van der Waals surface area contributed by atoms with Crippen molar-refractivity contribution in [1.29, 1.82) is 0 Å². The molecule has 0 radical (unpaired) electrons. The number of rotatable bonds is 13. The monoisotopic (exact) mass is 539 g/mol. The van der Waals surface area contributed by atoms with Gasteiger partial charge in [-0.15, -0.1) is 0 Å². The van der Waals surface area contributed by atoms with E-state index in [1.165, 1.54) is 5.56 Å². The third-order valence-electron chi connectivity index (χ3n) is 7.33. The highest BCUT2D eigenvalue weighted by atomic mass is 16.5. The van der Waals surface area contributed by atoms with Gasteiger partial charge in [0.25, 0.3) is 11.5 Å². The van der Waals surface area contributed by atoms with Crippen molar-refractivity contribution in [3.63, 3.8) is 0 Å². The van der Waals surface area contributed by atoms with E-state index in [9.17, 15) is 9.59 Å². The topological polar surface area (TPSA) is 64.4 Å². The molecule has 1 heterocycles. The molecule has 6 heteroatoms. The van der Waals surface area contributed by atoms with Crippen LogP contribution in [-0.2, 0) is 6.42 Å². The number of carbonyl (C=O) groups is 1. The Bertz CT molecular complexity index is 1480. The van der Waals surface area contributed by atoms with Crippen LogP contribution in [0.5, 0.6) is 5.75 Å². The van der Waals surface area contributed by atoms with Crippen LogP contribution >= 0.6 is 0 Å². The molecule has 210 valence electrons. The van der Waals surface area contributed by atoms with Gasteiger partial charge in [-0.1, -0.05) is 69.5 Å². The third kappa shape index (κ3) is 6.44. The minimum absolute atomic E-state index is 0.0577. The lowest BCUT2D eigenvalue weighted by Gasteiger charge is -2.31.